The molecule has 1 atom stereocenters. The fourth-order valence-electron chi connectivity index (χ4n) is 3.65. The van der Waals surface area contributed by atoms with Gasteiger partial charge in [-0.1, -0.05) is 6.92 Å². The topological polar surface area (TPSA) is 80.3 Å². The predicted molar refractivity (Wildman–Crippen MR) is 88.8 cm³/mol. The Labute approximate surface area is 137 Å². The average Bonchev–Trinajstić information content (AvgIpc) is 2.87. The minimum Gasteiger partial charge on any atom is -0.368 e. The first-order valence-corrected chi connectivity index (χ1v) is 8.69. The fourth-order valence-corrected chi connectivity index (χ4v) is 3.65. The summed E-state index contributed by atoms with van der Waals surface area (Å²) in [6.45, 7) is 6.49. The third-order valence-corrected chi connectivity index (χ3v) is 5.13. The Bertz CT molecular complexity index is 529. The molecule has 3 rings (SSSR count). The van der Waals surface area contributed by atoms with Gasteiger partial charge in [0.1, 0.15) is 0 Å². The van der Waals surface area contributed by atoms with Crippen LogP contribution in [0.1, 0.15) is 44.3 Å². The summed E-state index contributed by atoms with van der Waals surface area (Å²) in [5.74, 6) is 2.60. The molecule has 1 amide bonds. The van der Waals surface area contributed by atoms with E-state index >= 15 is 0 Å². The van der Waals surface area contributed by atoms with Crippen LogP contribution >= 0.6 is 0 Å². The van der Waals surface area contributed by atoms with Crippen molar-refractivity contribution in [3.63, 3.8) is 0 Å². The van der Waals surface area contributed by atoms with Crippen molar-refractivity contribution in [3.05, 3.63) is 5.82 Å². The molecule has 0 bridgehead atoms. The molecule has 7 heteroatoms. The van der Waals surface area contributed by atoms with E-state index in [2.05, 4.69) is 21.9 Å². The third-order valence-electron chi connectivity index (χ3n) is 5.13. The second kappa shape index (κ2) is 6.86. The number of amides is 1. The normalized spacial score (nSPS) is 24.1. The first-order chi connectivity index (χ1) is 11.0. The van der Waals surface area contributed by atoms with Gasteiger partial charge in [0.25, 0.3) is 0 Å². The number of anilines is 1. The Morgan fingerprint density at radius 3 is 2.61 bits per heavy atom. The van der Waals surface area contributed by atoms with Gasteiger partial charge in [0.2, 0.25) is 11.9 Å². The fraction of sp³-hybridized carbons (Fsp3) is 0.812. The van der Waals surface area contributed by atoms with Crippen molar-refractivity contribution >= 4 is 11.9 Å². The van der Waals surface area contributed by atoms with Crippen LogP contribution in [-0.2, 0) is 11.8 Å². The van der Waals surface area contributed by atoms with Gasteiger partial charge >= 0.3 is 0 Å². The Balaban J connectivity index is 1.48. The van der Waals surface area contributed by atoms with Crippen molar-refractivity contribution in [1.82, 2.24) is 24.6 Å². The Hall–Kier alpha value is -1.63. The van der Waals surface area contributed by atoms with Crippen molar-refractivity contribution in [1.29, 1.82) is 0 Å². The van der Waals surface area contributed by atoms with Gasteiger partial charge in [0.15, 0.2) is 5.82 Å². The Kier molecular flexibility index (Phi) is 4.84. The Morgan fingerprint density at radius 2 is 2.00 bits per heavy atom. The van der Waals surface area contributed by atoms with Gasteiger partial charge < -0.3 is 10.6 Å². The van der Waals surface area contributed by atoms with E-state index < -0.39 is 0 Å². The van der Waals surface area contributed by atoms with Crippen molar-refractivity contribution in [2.75, 3.05) is 38.5 Å². The molecule has 1 unspecified atom stereocenters. The summed E-state index contributed by atoms with van der Waals surface area (Å²) in [4.78, 5) is 21.1. The lowest BCUT2D eigenvalue weighted by atomic mass is 9.96. The highest BCUT2D eigenvalue weighted by molar-refractivity contribution is 5.78. The number of nitrogens with two attached hydrogens (primary N) is 1. The molecule has 1 aromatic heterocycles. The van der Waals surface area contributed by atoms with Crippen LogP contribution in [0.2, 0.25) is 0 Å². The van der Waals surface area contributed by atoms with Crippen LogP contribution < -0.4 is 5.73 Å². The van der Waals surface area contributed by atoms with E-state index in [9.17, 15) is 4.79 Å². The quantitative estimate of drug-likeness (QED) is 0.892. The summed E-state index contributed by atoms with van der Waals surface area (Å²) < 4.78 is 1.63. The highest BCUT2D eigenvalue weighted by Gasteiger charge is 2.27. The molecule has 2 N–H and O–H groups in total. The molecule has 0 radical (unpaired) electrons. The summed E-state index contributed by atoms with van der Waals surface area (Å²) in [7, 11) is 1.82. The van der Waals surface area contributed by atoms with Crippen LogP contribution in [0.25, 0.3) is 0 Å². The molecule has 7 nitrogen and oxygen atoms in total. The van der Waals surface area contributed by atoms with Gasteiger partial charge in [-0.25, -0.2) is 4.68 Å². The number of aryl methyl sites for hydroxylation is 1. The molecule has 0 spiro atoms. The maximum absolute atomic E-state index is 12.5. The molecule has 3 heterocycles. The number of hydrogen-bond acceptors (Lipinski definition) is 5. The van der Waals surface area contributed by atoms with Gasteiger partial charge in [0.05, 0.1) is 6.54 Å². The molecule has 128 valence electrons. The first kappa shape index (κ1) is 16.2. The number of nitrogens with zero attached hydrogens (tertiary/aromatic N) is 5. The molecular formula is C16H28N6O. The van der Waals surface area contributed by atoms with E-state index in [1.54, 1.807) is 4.68 Å². The zero-order valence-electron chi connectivity index (χ0n) is 14.2. The molecule has 0 saturated carbocycles. The first-order valence-electron chi connectivity index (χ1n) is 8.69. The lowest BCUT2D eigenvalue weighted by molar-refractivity contribution is -0.134. The minimum atomic E-state index is 0.287. The second-order valence-electron chi connectivity index (χ2n) is 7.09. The molecule has 1 aromatic rings. The van der Waals surface area contributed by atoms with Crippen molar-refractivity contribution < 1.29 is 4.79 Å². The average molecular weight is 320 g/mol. The molecular weight excluding hydrogens is 292 g/mol. The Morgan fingerprint density at radius 1 is 1.26 bits per heavy atom. The van der Waals surface area contributed by atoms with Gasteiger partial charge in [0, 0.05) is 26.1 Å². The molecule has 2 aliphatic rings. The van der Waals surface area contributed by atoms with Crippen molar-refractivity contribution in [2.24, 2.45) is 13.0 Å². The summed E-state index contributed by atoms with van der Waals surface area (Å²) in [6.07, 6.45) is 4.37. The highest BCUT2D eigenvalue weighted by Crippen LogP contribution is 2.26. The molecule has 23 heavy (non-hydrogen) atoms. The molecule has 0 aliphatic carbocycles. The second-order valence-corrected chi connectivity index (χ2v) is 7.09. The van der Waals surface area contributed by atoms with Gasteiger partial charge in [-0.05, 0) is 44.7 Å². The van der Waals surface area contributed by atoms with E-state index in [4.69, 9.17) is 5.73 Å². The van der Waals surface area contributed by atoms with Crippen LogP contribution in [0.4, 0.5) is 5.95 Å². The van der Waals surface area contributed by atoms with Gasteiger partial charge in [-0.15, -0.1) is 0 Å². The number of nitrogen functional groups attached to an aromatic ring is 1. The van der Waals surface area contributed by atoms with Crippen LogP contribution in [-0.4, -0.2) is 63.2 Å². The molecule has 2 saturated heterocycles. The molecule has 2 fully saturated rings. The van der Waals surface area contributed by atoms with Crippen LogP contribution in [0.5, 0.6) is 0 Å². The molecule has 2 aliphatic heterocycles. The zero-order valence-corrected chi connectivity index (χ0v) is 14.2. The maximum Gasteiger partial charge on any atom is 0.236 e. The van der Waals surface area contributed by atoms with E-state index in [0.29, 0.717) is 24.3 Å². The van der Waals surface area contributed by atoms with Gasteiger partial charge in [-0.2, -0.15) is 10.1 Å². The highest BCUT2D eigenvalue weighted by atomic mass is 16.2. The summed E-state index contributed by atoms with van der Waals surface area (Å²) >= 11 is 0. The number of piperidine rings is 2. The van der Waals surface area contributed by atoms with Gasteiger partial charge in [-0.3, -0.25) is 9.69 Å². The summed E-state index contributed by atoms with van der Waals surface area (Å²) in [5, 5.41) is 4.39. The number of hydrogen-bond donors (Lipinski definition) is 1. The maximum atomic E-state index is 12.5. The number of carbonyl (C=O) groups excluding carboxylic acids is 1. The van der Waals surface area contributed by atoms with E-state index in [0.717, 1.165) is 51.3 Å². The standard InChI is InChI=1S/C16H28N6O/c1-12-4-3-7-22(10-12)14(23)11-21-8-5-13(6-9-21)15-18-16(17)20(2)19-15/h12-13H,3-11H2,1-2H3,(H2,17,18,19). The lowest BCUT2D eigenvalue weighted by Crippen LogP contribution is -2.46. The number of likely N-dealkylation sites (tertiary alicyclic amines) is 2. The monoisotopic (exact) mass is 320 g/mol. The van der Waals surface area contributed by atoms with E-state index in [1.165, 1.54) is 6.42 Å². The summed E-state index contributed by atoms with van der Waals surface area (Å²) in [6, 6.07) is 0. The SMILES string of the molecule is CC1CCCN(C(=O)CN2CCC(c3nc(N)n(C)n3)CC2)C1. The van der Waals surface area contributed by atoms with E-state index in [1.807, 2.05) is 11.9 Å². The number of rotatable bonds is 3. The summed E-state index contributed by atoms with van der Waals surface area (Å²) in [5.41, 5.74) is 5.76. The number of carbonyl (C=O) groups is 1. The van der Waals surface area contributed by atoms with Crippen LogP contribution in [0, 0.1) is 5.92 Å². The minimum absolute atomic E-state index is 0.287. The van der Waals surface area contributed by atoms with Crippen LogP contribution in [0.15, 0.2) is 0 Å². The largest absolute Gasteiger partial charge is 0.368 e. The molecule has 0 aromatic carbocycles. The van der Waals surface area contributed by atoms with Crippen LogP contribution in [0.3, 0.4) is 0 Å². The lowest BCUT2D eigenvalue weighted by Gasteiger charge is -2.35. The third kappa shape index (κ3) is 3.83. The zero-order chi connectivity index (χ0) is 16.4. The van der Waals surface area contributed by atoms with Crippen molar-refractivity contribution in [3.8, 4) is 0 Å². The van der Waals surface area contributed by atoms with Crippen molar-refractivity contribution in [2.45, 2.75) is 38.5 Å². The predicted octanol–water partition coefficient (Wildman–Crippen LogP) is 0.835. The smallest absolute Gasteiger partial charge is 0.236 e. The van der Waals surface area contributed by atoms with E-state index in [-0.39, 0.29) is 5.91 Å². The number of aromatic nitrogens is 3.